The van der Waals surface area contributed by atoms with Gasteiger partial charge in [-0.1, -0.05) is 41.0 Å². The molecule has 1 aliphatic carbocycles. The largest absolute Gasteiger partial charge is 0.377 e. The molecule has 3 atom stereocenters. The lowest BCUT2D eigenvalue weighted by molar-refractivity contribution is -0.0285. The summed E-state index contributed by atoms with van der Waals surface area (Å²) in [5.41, 5.74) is 0.419. The van der Waals surface area contributed by atoms with Gasteiger partial charge in [0.15, 0.2) is 0 Å². The van der Waals surface area contributed by atoms with E-state index < -0.39 is 0 Å². The van der Waals surface area contributed by atoms with Gasteiger partial charge >= 0.3 is 0 Å². The first-order valence-corrected chi connectivity index (χ1v) is 8.34. The van der Waals surface area contributed by atoms with Crippen LogP contribution in [0.1, 0.15) is 73.1 Å². The first-order valence-electron chi connectivity index (χ1n) is 8.34. The third-order valence-corrected chi connectivity index (χ3v) is 4.50. The molecule has 1 N–H and O–H groups in total. The van der Waals surface area contributed by atoms with Crippen LogP contribution >= 0.6 is 0 Å². The van der Waals surface area contributed by atoms with Crippen LogP contribution in [0.5, 0.6) is 0 Å². The van der Waals surface area contributed by atoms with Crippen LogP contribution in [0, 0.1) is 11.3 Å². The topological polar surface area (TPSA) is 21.3 Å². The molecule has 1 saturated carbocycles. The van der Waals surface area contributed by atoms with E-state index in [4.69, 9.17) is 4.74 Å². The van der Waals surface area contributed by atoms with Crippen LogP contribution in [0.25, 0.3) is 0 Å². The van der Waals surface area contributed by atoms with E-state index in [1.807, 2.05) is 0 Å². The Labute approximate surface area is 120 Å². The van der Waals surface area contributed by atoms with Gasteiger partial charge in [-0.05, 0) is 50.0 Å². The summed E-state index contributed by atoms with van der Waals surface area (Å²) in [5.74, 6) is 0.804. The van der Waals surface area contributed by atoms with E-state index >= 15 is 0 Å². The molecular weight excluding hydrogens is 234 g/mol. The highest BCUT2D eigenvalue weighted by molar-refractivity contribution is 4.89. The second-order valence-corrected chi connectivity index (χ2v) is 7.20. The Kier molecular flexibility index (Phi) is 7.38. The summed E-state index contributed by atoms with van der Waals surface area (Å²) in [6.07, 6.45) is 7.91. The number of ether oxygens (including phenoxy) is 1. The van der Waals surface area contributed by atoms with Crippen molar-refractivity contribution in [3.05, 3.63) is 0 Å². The van der Waals surface area contributed by atoms with Gasteiger partial charge in [-0.2, -0.15) is 0 Å². The zero-order chi connectivity index (χ0) is 14.3. The van der Waals surface area contributed by atoms with Gasteiger partial charge < -0.3 is 10.1 Å². The molecular formula is C17H35NO. The summed E-state index contributed by atoms with van der Waals surface area (Å²) in [4.78, 5) is 0. The average Bonchev–Trinajstić information content (AvgIpc) is 2.36. The highest BCUT2D eigenvalue weighted by Gasteiger charge is 2.36. The first kappa shape index (κ1) is 17.0. The van der Waals surface area contributed by atoms with Gasteiger partial charge in [0.25, 0.3) is 0 Å². The van der Waals surface area contributed by atoms with Crippen molar-refractivity contribution in [2.24, 2.45) is 11.3 Å². The van der Waals surface area contributed by atoms with Gasteiger partial charge in [0.2, 0.25) is 0 Å². The van der Waals surface area contributed by atoms with Crippen LogP contribution in [0.15, 0.2) is 0 Å². The van der Waals surface area contributed by atoms with E-state index in [1.54, 1.807) is 0 Å². The van der Waals surface area contributed by atoms with Gasteiger partial charge in [-0.25, -0.2) is 0 Å². The third kappa shape index (κ3) is 5.83. The Bertz CT molecular complexity index is 234. The van der Waals surface area contributed by atoms with Crippen molar-refractivity contribution in [1.82, 2.24) is 5.32 Å². The summed E-state index contributed by atoms with van der Waals surface area (Å²) in [5, 5.41) is 3.70. The number of rotatable bonds is 7. The van der Waals surface area contributed by atoms with Gasteiger partial charge in [-0.15, -0.1) is 0 Å². The lowest BCUT2D eigenvalue weighted by atomic mass is 9.70. The fourth-order valence-electron chi connectivity index (χ4n) is 3.04. The molecule has 0 saturated heterocycles. The quantitative estimate of drug-likeness (QED) is 0.692. The fraction of sp³-hybridized carbons (Fsp3) is 1.00. The minimum Gasteiger partial charge on any atom is -0.377 e. The summed E-state index contributed by atoms with van der Waals surface area (Å²) in [6.45, 7) is 13.7. The Morgan fingerprint density at radius 3 is 2.42 bits per heavy atom. The molecule has 1 rings (SSSR count). The van der Waals surface area contributed by atoms with Crippen molar-refractivity contribution in [2.45, 2.75) is 85.3 Å². The maximum Gasteiger partial charge on any atom is 0.0730 e. The minimum absolute atomic E-state index is 0.419. The van der Waals surface area contributed by atoms with Crippen molar-refractivity contribution in [2.75, 3.05) is 13.2 Å². The van der Waals surface area contributed by atoms with Crippen molar-refractivity contribution < 1.29 is 4.74 Å². The van der Waals surface area contributed by atoms with Crippen molar-refractivity contribution in [3.63, 3.8) is 0 Å². The molecule has 0 heterocycles. The minimum atomic E-state index is 0.419. The molecule has 0 radical (unpaired) electrons. The zero-order valence-corrected chi connectivity index (χ0v) is 13.8. The molecule has 1 fully saturated rings. The normalized spacial score (nSPS) is 28.6. The highest BCUT2D eigenvalue weighted by atomic mass is 16.5. The van der Waals surface area contributed by atoms with Crippen LogP contribution in [-0.2, 0) is 4.74 Å². The Balaban J connectivity index is 2.52. The third-order valence-electron chi connectivity index (χ3n) is 4.50. The molecule has 0 aromatic heterocycles. The van der Waals surface area contributed by atoms with Crippen molar-refractivity contribution in [3.8, 4) is 0 Å². The van der Waals surface area contributed by atoms with Crippen molar-refractivity contribution in [1.29, 1.82) is 0 Å². The Hall–Kier alpha value is -0.0800. The summed E-state index contributed by atoms with van der Waals surface area (Å²) in [6, 6.07) is 0.579. The van der Waals surface area contributed by atoms with E-state index in [1.165, 1.54) is 38.5 Å². The molecule has 0 amide bonds. The maximum atomic E-state index is 6.20. The smallest absolute Gasteiger partial charge is 0.0730 e. The molecule has 2 heteroatoms. The molecule has 2 nitrogen and oxygen atoms in total. The van der Waals surface area contributed by atoms with Gasteiger partial charge in [0, 0.05) is 12.6 Å². The lowest BCUT2D eigenvalue weighted by Crippen LogP contribution is -2.47. The SMILES string of the molecule is CCCCOC1CC(C(C)(C)C)CCC1NCCC. The number of hydrogen-bond acceptors (Lipinski definition) is 2. The monoisotopic (exact) mass is 269 g/mol. The predicted molar refractivity (Wildman–Crippen MR) is 83.5 cm³/mol. The second kappa shape index (κ2) is 8.26. The molecule has 0 aliphatic heterocycles. The zero-order valence-electron chi connectivity index (χ0n) is 13.8. The van der Waals surface area contributed by atoms with Gasteiger partial charge in [0.05, 0.1) is 6.10 Å². The fourth-order valence-corrected chi connectivity index (χ4v) is 3.04. The van der Waals surface area contributed by atoms with Gasteiger partial charge in [0.1, 0.15) is 0 Å². The number of unbranched alkanes of at least 4 members (excludes halogenated alkanes) is 1. The summed E-state index contributed by atoms with van der Waals surface area (Å²) >= 11 is 0. The molecule has 0 bridgehead atoms. The van der Waals surface area contributed by atoms with Crippen LogP contribution in [0.3, 0.4) is 0 Å². The van der Waals surface area contributed by atoms with E-state index in [0.29, 0.717) is 17.6 Å². The Morgan fingerprint density at radius 1 is 1.11 bits per heavy atom. The predicted octanol–water partition coefficient (Wildman–Crippen LogP) is 4.39. The molecule has 1 aliphatic rings. The molecule has 0 aromatic rings. The van der Waals surface area contributed by atoms with E-state index in [0.717, 1.165) is 19.1 Å². The molecule has 0 aromatic carbocycles. The van der Waals surface area contributed by atoms with Crippen LogP contribution < -0.4 is 5.32 Å². The van der Waals surface area contributed by atoms with Gasteiger partial charge in [-0.3, -0.25) is 0 Å². The Morgan fingerprint density at radius 2 is 1.84 bits per heavy atom. The molecule has 3 unspecified atom stereocenters. The maximum absolute atomic E-state index is 6.20. The standard InChI is InChI=1S/C17H35NO/c1-6-8-12-19-16-13-14(17(3,4)5)9-10-15(16)18-11-7-2/h14-16,18H,6-13H2,1-5H3. The molecule has 0 spiro atoms. The van der Waals surface area contributed by atoms with Crippen LogP contribution in [-0.4, -0.2) is 25.3 Å². The number of hydrogen-bond donors (Lipinski definition) is 1. The molecule has 114 valence electrons. The van der Waals surface area contributed by atoms with Crippen LogP contribution in [0.4, 0.5) is 0 Å². The average molecular weight is 269 g/mol. The second-order valence-electron chi connectivity index (χ2n) is 7.20. The highest BCUT2D eigenvalue weighted by Crippen LogP contribution is 2.38. The number of nitrogens with one attached hydrogen (secondary N) is 1. The van der Waals surface area contributed by atoms with E-state index in [2.05, 4.69) is 39.9 Å². The van der Waals surface area contributed by atoms with E-state index in [9.17, 15) is 0 Å². The van der Waals surface area contributed by atoms with E-state index in [-0.39, 0.29) is 0 Å². The summed E-state index contributed by atoms with van der Waals surface area (Å²) < 4.78 is 6.20. The first-order chi connectivity index (χ1) is 8.99. The van der Waals surface area contributed by atoms with Crippen LogP contribution in [0.2, 0.25) is 0 Å². The van der Waals surface area contributed by atoms with Crippen molar-refractivity contribution >= 4 is 0 Å². The lowest BCUT2D eigenvalue weighted by Gasteiger charge is -2.42. The summed E-state index contributed by atoms with van der Waals surface area (Å²) in [7, 11) is 0. The molecule has 19 heavy (non-hydrogen) atoms.